The molecule has 0 saturated heterocycles. The van der Waals surface area contributed by atoms with E-state index in [9.17, 15) is 4.79 Å². The lowest BCUT2D eigenvalue weighted by molar-refractivity contribution is -0.116. The average molecular weight is 295 g/mol. The number of carbonyl (C=O) groups is 1. The van der Waals surface area contributed by atoms with Crippen LogP contribution in [0.1, 0.15) is 11.6 Å². The van der Waals surface area contributed by atoms with Gasteiger partial charge in [0.1, 0.15) is 6.04 Å². The highest BCUT2D eigenvalue weighted by atomic mass is 32.2. The van der Waals surface area contributed by atoms with E-state index in [1.54, 1.807) is 11.8 Å². The maximum absolute atomic E-state index is 11.6. The number of para-hydroxylation sites is 1. The molecule has 1 unspecified atom stereocenters. The van der Waals surface area contributed by atoms with Crippen LogP contribution in [0.3, 0.4) is 0 Å². The molecule has 0 spiro atoms. The molecule has 1 aromatic heterocycles. The van der Waals surface area contributed by atoms with Crippen LogP contribution < -0.4 is 11.1 Å². The molecule has 21 heavy (non-hydrogen) atoms. The van der Waals surface area contributed by atoms with Crippen LogP contribution >= 0.6 is 11.8 Å². The highest BCUT2D eigenvalue weighted by Gasteiger charge is 2.26. The number of nitrogens with one attached hydrogen (secondary N) is 2. The van der Waals surface area contributed by atoms with Crippen molar-refractivity contribution >= 4 is 34.3 Å². The topological polar surface area (TPSA) is 70.9 Å². The van der Waals surface area contributed by atoms with Crippen molar-refractivity contribution < 1.29 is 4.79 Å². The zero-order valence-corrected chi connectivity index (χ0v) is 11.9. The summed E-state index contributed by atoms with van der Waals surface area (Å²) in [5, 5.41) is 5.08. The first-order chi connectivity index (χ1) is 10.2. The van der Waals surface area contributed by atoms with Crippen molar-refractivity contribution in [2.75, 3.05) is 5.32 Å². The zero-order valence-electron chi connectivity index (χ0n) is 11.1. The van der Waals surface area contributed by atoms with Crippen molar-refractivity contribution in [1.82, 2.24) is 4.98 Å². The fourth-order valence-electron chi connectivity index (χ4n) is 2.56. The summed E-state index contributed by atoms with van der Waals surface area (Å²) in [6.07, 6.45) is 0. The average Bonchev–Trinajstić information content (AvgIpc) is 3.00. The van der Waals surface area contributed by atoms with Crippen LogP contribution in [-0.4, -0.2) is 10.9 Å². The molecule has 0 radical (unpaired) electrons. The van der Waals surface area contributed by atoms with Gasteiger partial charge in [0, 0.05) is 27.0 Å². The lowest BCUT2D eigenvalue weighted by Crippen LogP contribution is -2.19. The normalized spacial score (nSPS) is 17.0. The highest BCUT2D eigenvalue weighted by Crippen LogP contribution is 2.36. The SMILES string of the molecule is NC1C(=O)Nc2cc(Sc3cc4ccccc4[nH]3)ccc21. The summed E-state index contributed by atoms with van der Waals surface area (Å²) < 4.78 is 0. The lowest BCUT2D eigenvalue weighted by Gasteiger charge is -2.04. The number of aromatic nitrogens is 1. The number of hydrogen-bond acceptors (Lipinski definition) is 3. The second-order valence-electron chi connectivity index (χ2n) is 5.04. The molecule has 0 saturated carbocycles. The lowest BCUT2D eigenvalue weighted by atomic mass is 10.1. The van der Waals surface area contributed by atoms with Gasteiger partial charge in [-0.25, -0.2) is 0 Å². The standard InChI is InChI=1S/C16H13N3OS/c17-15-11-6-5-10(8-13(11)19-16(15)20)21-14-7-9-3-1-2-4-12(9)18-14/h1-8,15,18H,17H2,(H,19,20). The third-order valence-electron chi connectivity index (χ3n) is 3.63. The molecular formula is C16H13N3OS. The Balaban J connectivity index is 1.66. The number of hydrogen-bond donors (Lipinski definition) is 3. The first-order valence-corrected chi connectivity index (χ1v) is 7.48. The molecule has 0 fully saturated rings. The van der Waals surface area contributed by atoms with Crippen molar-refractivity contribution in [2.24, 2.45) is 5.73 Å². The van der Waals surface area contributed by atoms with E-state index in [1.165, 1.54) is 5.39 Å². The van der Waals surface area contributed by atoms with Crippen LogP contribution in [-0.2, 0) is 4.79 Å². The first kappa shape index (κ1) is 12.5. The molecule has 1 aliphatic rings. The Bertz CT molecular complexity index is 823. The molecule has 5 heteroatoms. The second-order valence-corrected chi connectivity index (χ2v) is 6.15. The van der Waals surface area contributed by atoms with Gasteiger partial charge in [-0.1, -0.05) is 36.0 Å². The molecular weight excluding hydrogens is 282 g/mol. The van der Waals surface area contributed by atoms with Gasteiger partial charge >= 0.3 is 0 Å². The second kappa shape index (κ2) is 4.65. The van der Waals surface area contributed by atoms with Crippen molar-refractivity contribution in [1.29, 1.82) is 0 Å². The number of H-pyrrole nitrogens is 1. The Hall–Kier alpha value is -2.24. The molecule has 1 aliphatic heterocycles. The third kappa shape index (κ3) is 2.11. The highest BCUT2D eigenvalue weighted by molar-refractivity contribution is 7.99. The minimum Gasteiger partial charge on any atom is -0.349 e. The summed E-state index contributed by atoms with van der Waals surface area (Å²) in [5.74, 6) is -0.141. The molecule has 4 N–H and O–H groups in total. The number of carbonyl (C=O) groups excluding carboxylic acids is 1. The minimum absolute atomic E-state index is 0.141. The molecule has 2 aromatic carbocycles. The van der Waals surface area contributed by atoms with Crippen LogP contribution in [0.5, 0.6) is 0 Å². The van der Waals surface area contributed by atoms with Gasteiger partial charge in [-0.05, 0) is 24.3 Å². The van der Waals surface area contributed by atoms with Gasteiger partial charge in [0.05, 0.1) is 5.03 Å². The van der Waals surface area contributed by atoms with Crippen molar-refractivity contribution in [2.45, 2.75) is 16.0 Å². The number of fused-ring (bicyclic) bond motifs is 2. The Morgan fingerprint density at radius 3 is 2.81 bits per heavy atom. The molecule has 4 nitrogen and oxygen atoms in total. The maximum atomic E-state index is 11.6. The molecule has 2 heterocycles. The van der Waals surface area contributed by atoms with E-state index in [-0.39, 0.29) is 5.91 Å². The number of benzene rings is 2. The van der Waals surface area contributed by atoms with Crippen LogP contribution in [0.25, 0.3) is 10.9 Å². The zero-order chi connectivity index (χ0) is 14.4. The molecule has 0 aliphatic carbocycles. The van der Waals surface area contributed by atoms with Gasteiger partial charge in [-0.3, -0.25) is 4.79 Å². The molecule has 4 rings (SSSR count). The van der Waals surface area contributed by atoms with Crippen LogP contribution in [0, 0.1) is 0 Å². The minimum atomic E-state index is -0.549. The fraction of sp³-hybridized carbons (Fsp3) is 0.0625. The van der Waals surface area contributed by atoms with E-state index in [1.807, 2.05) is 30.3 Å². The van der Waals surface area contributed by atoms with Crippen LogP contribution in [0.2, 0.25) is 0 Å². The summed E-state index contributed by atoms with van der Waals surface area (Å²) in [4.78, 5) is 16.0. The summed E-state index contributed by atoms with van der Waals surface area (Å²) in [5.41, 5.74) is 8.62. The van der Waals surface area contributed by atoms with Gasteiger partial charge in [0.2, 0.25) is 5.91 Å². The monoisotopic (exact) mass is 295 g/mol. The van der Waals surface area contributed by atoms with Crippen LogP contribution in [0.4, 0.5) is 5.69 Å². The number of aromatic amines is 1. The molecule has 1 atom stereocenters. The summed E-state index contributed by atoms with van der Waals surface area (Å²) in [6.45, 7) is 0. The quantitative estimate of drug-likeness (QED) is 0.679. The van der Waals surface area contributed by atoms with Gasteiger partial charge in [-0.2, -0.15) is 0 Å². The number of amides is 1. The number of anilines is 1. The number of nitrogens with two attached hydrogens (primary N) is 1. The van der Waals surface area contributed by atoms with E-state index in [0.717, 1.165) is 26.7 Å². The molecule has 104 valence electrons. The Kier molecular flexibility index (Phi) is 2.77. The van der Waals surface area contributed by atoms with Crippen LogP contribution in [0.15, 0.2) is 58.5 Å². The van der Waals surface area contributed by atoms with Crippen molar-refractivity contribution in [3.05, 3.63) is 54.1 Å². The van der Waals surface area contributed by atoms with E-state index in [4.69, 9.17) is 5.73 Å². The molecule has 1 amide bonds. The Morgan fingerprint density at radius 1 is 1.10 bits per heavy atom. The summed E-state index contributed by atoms with van der Waals surface area (Å²) in [7, 11) is 0. The third-order valence-corrected chi connectivity index (χ3v) is 4.56. The largest absolute Gasteiger partial charge is 0.349 e. The smallest absolute Gasteiger partial charge is 0.245 e. The fourth-order valence-corrected chi connectivity index (χ4v) is 3.47. The molecule has 0 bridgehead atoms. The Labute approximate surface area is 125 Å². The van der Waals surface area contributed by atoms with Gasteiger partial charge in [0.15, 0.2) is 0 Å². The maximum Gasteiger partial charge on any atom is 0.245 e. The predicted octanol–water partition coefficient (Wildman–Crippen LogP) is 3.27. The Morgan fingerprint density at radius 2 is 1.95 bits per heavy atom. The number of rotatable bonds is 2. The van der Waals surface area contributed by atoms with Gasteiger partial charge in [-0.15, -0.1) is 0 Å². The summed E-state index contributed by atoms with van der Waals surface area (Å²) >= 11 is 1.63. The van der Waals surface area contributed by atoms with E-state index < -0.39 is 6.04 Å². The predicted molar refractivity (Wildman–Crippen MR) is 84.4 cm³/mol. The van der Waals surface area contributed by atoms with E-state index >= 15 is 0 Å². The van der Waals surface area contributed by atoms with Gasteiger partial charge in [0.25, 0.3) is 0 Å². The van der Waals surface area contributed by atoms with E-state index in [0.29, 0.717) is 0 Å². The van der Waals surface area contributed by atoms with Crippen molar-refractivity contribution in [3.63, 3.8) is 0 Å². The first-order valence-electron chi connectivity index (χ1n) is 6.67. The summed E-state index contributed by atoms with van der Waals surface area (Å²) in [6, 6.07) is 15.6. The van der Waals surface area contributed by atoms with E-state index in [2.05, 4.69) is 28.5 Å². The van der Waals surface area contributed by atoms with Crippen molar-refractivity contribution in [3.8, 4) is 0 Å². The van der Waals surface area contributed by atoms with Gasteiger partial charge < -0.3 is 16.0 Å². The molecule has 3 aromatic rings.